The maximum Gasteiger partial charge on any atom is 0.150 e. The maximum atomic E-state index is 11.4. The summed E-state index contributed by atoms with van der Waals surface area (Å²) >= 11 is 0. The highest BCUT2D eigenvalue weighted by Gasteiger charge is 2.34. The number of nitrogens with one attached hydrogen (secondary N) is 1. The van der Waals surface area contributed by atoms with E-state index < -0.39 is 15.4 Å². The van der Waals surface area contributed by atoms with Crippen LogP contribution in [0.25, 0.3) is 5.69 Å². The summed E-state index contributed by atoms with van der Waals surface area (Å²) in [5.41, 5.74) is 1.18. The van der Waals surface area contributed by atoms with Gasteiger partial charge in [-0.2, -0.15) is 5.10 Å². The van der Waals surface area contributed by atoms with Crippen molar-refractivity contribution in [1.29, 1.82) is 0 Å². The predicted molar refractivity (Wildman–Crippen MR) is 88.1 cm³/mol. The average Bonchev–Trinajstić information content (AvgIpc) is 3.06. The molecule has 0 amide bonds. The number of hydrogen-bond acceptors (Lipinski definition) is 5. The van der Waals surface area contributed by atoms with Gasteiger partial charge in [-0.15, -0.1) is 0 Å². The summed E-state index contributed by atoms with van der Waals surface area (Å²) in [6.45, 7) is 1.04. The molecule has 124 valence electrons. The molecule has 0 unspecified atom stereocenters. The maximum absolute atomic E-state index is 11.4. The molecule has 2 N–H and O–H groups in total. The van der Waals surface area contributed by atoms with Crippen molar-refractivity contribution in [3.63, 3.8) is 0 Å². The Balaban J connectivity index is 1.51. The lowest BCUT2D eigenvalue weighted by Gasteiger charge is -2.32. The van der Waals surface area contributed by atoms with E-state index in [9.17, 15) is 13.5 Å². The first-order chi connectivity index (χ1) is 11.0. The zero-order valence-corrected chi connectivity index (χ0v) is 13.7. The van der Waals surface area contributed by atoms with Gasteiger partial charge in [-0.3, -0.25) is 0 Å². The predicted octanol–water partition coefficient (Wildman–Crippen LogP) is 0.902. The van der Waals surface area contributed by atoms with Gasteiger partial charge >= 0.3 is 0 Å². The van der Waals surface area contributed by atoms with E-state index in [-0.39, 0.29) is 11.5 Å². The van der Waals surface area contributed by atoms with Crippen LogP contribution in [0.3, 0.4) is 0 Å². The van der Waals surface area contributed by atoms with Crippen molar-refractivity contribution in [2.75, 3.05) is 18.1 Å². The summed E-state index contributed by atoms with van der Waals surface area (Å²) in [5, 5.41) is 17.8. The van der Waals surface area contributed by atoms with Crippen molar-refractivity contribution >= 4 is 9.84 Å². The number of rotatable bonds is 5. The van der Waals surface area contributed by atoms with Crippen LogP contribution in [0, 0.1) is 0 Å². The molecule has 2 heterocycles. The second kappa shape index (κ2) is 6.43. The Hall–Kier alpha value is -1.70. The fourth-order valence-electron chi connectivity index (χ4n) is 2.72. The van der Waals surface area contributed by atoms with Gasteiger partial charge in [-0.05, 0) is 36.6 Å². The van der Waals surface area contributed by atoms with Crippen LogP contribution in [-0.4, -0.2) is 47.0 Å². The lowest BCUT2D eigenvalue weighted by molar-refractivity contribution is 0.0303. The smallest absolute Gasteiger partial charge is 0.150 e. The molecule has 0 spiro atoms. The third-order valence-electron chi connectivity index (χ3n) is 4.25. The minimum Gasteiger partial charge on any atom is -0.388 e. The molecule has 1 saturated heterocycles. The van der Waals surface area contributed by atoms with Crippen LogP contribution in [0.4, 0.5) is 0 Å². The van der Waals surface area contributed by atoms with Crippen LogP contribution in [0.2, 0.25) is 0 Å². The Morgan fingerprint density at radius 3 is 2.52 bits per heavy atom. The zero-order chi connectivity index (χ0) is 16.3. The Morgan fingerprint density at radius 1 is 1.22 bits per heavy atom. The third-order valence-corrected chi connectivity index (χ3v) is 5.90. The average molecular weight is 335 g/mol. The molecule has 0 atom stereocenters. The van der Waals surface area contributed by atoms with E-state index >= 15 is 0 Å². The monoisotopic (exact) mass is 335 g/mol. The van der Waals surface area contributed by atoms with Gasteiger partial charge in [-0.1, -0.05) is 12.1 Å². The van der Waals surface area contributed by atoms with E-state index in [1.807, 2.05) is 36.5 Å². The van der Waals surface area contributed by atoms with Gasteiger partial charge in [-0.25, -0.2) is 13.1 Å². The number of sulfone groups is 1. The van der Waals surface area contributed by atoms with Crippen LogP contribution in [0.15, 0.2) is 42.7 Å². The Kier molecular flexibility index (Phi) is 4.52. The lowest BCUT2D eigenvalue weighted by atomic mass is 9.97. The van der Waals surface area contributed by atoms with Crippen molar-refractivity contribution in [2.24, 2.45) is 0 Å². The summed E-state index contributed by atoms with van der Waals surface area (Å²) in [5.74, 6) is 0.146. The minimum absolute atomic E-state index is 0.0732. The first kappa shape index (κ1) is 16.2. The summed E-state index contributed by atoms with van der Waals surface area (Å²) in [4.78, 5) is 0. The molecule has 1 aromatic carbocycles. The number of nitrogens with zero attached hydrogens (tertiary/aromatic N) is 2. The number of hydrogen-bond donors (Lipinski definition) is 2. The van der Waals surface area contributed by atoms with E-state index in [2.05, 4.69) is 10.4 Å². The van der Waals surface area contributed by atoms with E-state index in [4.69, 9.17) is 0 Å². The van der Waals surface area contributed by atoms with Crippen molar-refractivity contribution in [2.45, 2.75) is 25.0 Å². The number of aliphatic hydroxyl groups is 1. The second-order valence-electron chi connectivity index (χ2n) is 6.10. The van der Waals surface area contributed by atoms with Gasteiger partial charge in [0.15, 0.2) is 9.84 Å². The van der Waals surface area contributed by atoms with Gasteiger partial charge in [0.2, 0.25) is 0 Å². The summed E-state index contributed by atoms with van der Waals surface area (Å²) in [6, 6.07) is 9.89. The number of aromatic nitrogens is 2. The fourth-order valence-corrected chi connectivity index (χ4v) is 4.31. The third kappa shape index (κ3) is 4.19. The lowest BCUT2D eigenvalue weighted by Crippen LogP contribution is -2.46. The minimum atomic E-state index is -2.95. The SMILES string of the molecule is O=S1(=O)CCC(O)(CNCc2ccc(-n3cccn3)cc2)CC1. The molecule has 7 heteroatoms. The van der Waals surface area contributed by atoms with Crippen LogP contribution < -0.4 is 5.32 Å². The van der Waals surface area contributed by atoms with Crippen molar-refractivity contribution in [1.82, 2.24) is 15.1 Å². The Morgan fingerprint density at radius 2 is 1.91 bits per heavy atom. The topological polar surface area (TPSA) is 84.2 Å². The van der Waals surface area contributed by atoms with Crippen LogP contribution >= 0.6 is 0 Å². The molecule has 2 aromatic rings. The molecule has 1 fully saturated rings. The molecule has 23 heavy (non-hydrogen) atoms. The molecule has 0 bridgehead atoms. The molecule has 1 aliphatic heterocycles. The standard InChI is InChI=1S/C16H21N3O3S/c20-16(6-10-23(21,22)11-7-16)13-17-12-14-2-4-15(5-3-14)19-9-1-8-18-19/h1-5,8-9,17,20H,6-7,10-13H2. The summed E-state index contributed by atoms with van der Waals surface area (Å²) in [7, 11) is -2.95. The molecular formula is C16H21N3O3S. The second-order valence-corrected chi connectivity index (χ2v) is 8.40. The van der Waals surface area contributed by atoms with Crippen LogP contribution in [0.1, 0.15) is 18.4 Å². The molecule has 6 nitrogen and oxygen atoms in total. The molecule has 1 aliphatic rings. The molecular weight excluding hydrogens is 314 g/mol. The largest absolute Gasteiger partial charge is 0.388 e. The molecule has 0 saturated carbocycles. The highest BCUT2D eigenvalue weighted by atomic mass is 32.2. The highest BCUT2D eigenvalue weighted by molar-refractivity contribution is 7.91. The molecule has 1 aromatic heterocycles. The molecule has 3 rings (SSSR count). The van der Waals surface area contributed by atoms with Crippen LogP contribution in [0.5, 0.6) is 0 Å². The molecule has 0 radical (unpaired) electrons. The summed E-state index contributed by atoms with van der Waals surface area (Å²) in [6.07, 6.45) is 4.24. The van der Waals surface area contributed by atoms with Crippen molar-refractivity contribution in [3.8, 4) is 5.69 Å². The van der Waals surface area contributed by atoms with Gasteiger partial charge in [0.05, 0.1) is 22.8 Å². The fraction of sp³-hybridized carbons (Fsp3) is 0.438. The quantitative estimate of drug-likeness (QED) is 0.848. The van der Waals surface area contributed by atoms with E-state index in [1.54, 1.807) is 10.9 Å². The van der Waals surface area contributed by atoms with Crippen LogP contribution in [-0.2, 0) is 16.4 Å². The van der Waals surface area contributed by atoms with Gasteiger partial charge < -0.3 is 10.4 Å². The Labute approximate surface area is 136 Å². The van der Waals surface area contributed by atoms with E-state index in [0.29, 0.717) is 25.9 Å². The van der Waals surface area contributed by atoms with Gasteiger partial charge in [0.25, 0.3) is 0 Å². The first-order valence-electron chi connectivity index (χ1n) is 7.68. The van der Waals surface area contributed by atoms with E-state index in [0.717, 1.165) is 11.3 Å². The molecule has 0 aliphatic carbocycles. The normalized spacial score (nSPS) is 19.5. The van der Waals surface area contributed by atoms with E-state index in [1.165, 1.54) is 0 Å². The summed E-state index contributed by atoms with van der Waals surface area (Å²) < 4.78 is 24.6. The highest BCUT2D eigenvalue weighted by Crippen LogP contribution is 2.23. The van der Waals surface area contributed by atoms with Gasteiger partial charge in [0, 0.05) is 25.5 Å². The number of benzene rings is 1. The Bertz CT molecular complexity index is 725. The zero-order valence-electron chi connectivity index (χ0n) is 12.9. The van der Waals surface area contributed by atoms with Crippen molar-refractivity contribution < 1.29 is 13.5 Å². The first-order valence-corrected chi connectivity index (χ1v) is 9.51. The van der Waals surface area contributed by atoms with Crippen molar-refractivity contribution in [3.05, 3.63) is 48.3 Å². The van der Waals surface area contributed by atoms with Gasteiger partial charge in [0.1, 0.15) is 0 Å².